The molecule has 2 atom stereocenters. The predicted octanol–water partition coefficient (Wildman–Crippen LogP) is 4.81. The van der Waals surface area contributed by atoms with E-state index in [1.54, 1.807) is 17.0 Å². The number of amides is 2. The Morgan fingerprint density at radius 1 is 1.11 bits per heavy atom. The van der Waals surface area contributed by atoms with Gasteiger partial charge in [0.2, 0.25) is 0 Å². The molecule has 0 spiro atoms. The SMILES string of the molecule is CC1(Nc2cc(C3CC(c4ccc(C(F)(F)F)cc4)CN(C(=O)N4CCOCC4)C3)[nH]n2)CCC1. The van der Waals surface area contributed by atoms with E-state index < -0.39 is 11.7 Å². The lowest BCUT2D eigenvalue weighted by molar-refractivity contribution is -0.137. The van der Waals surface area contributed by atoms with Crippen molar-refractivity contribution in [1.29, 1.82) is 0 Å². The third-order valence-corrected chi connectivity index (χ3v) is 7.64. The van der Waals surface area contributed by atoms with E-state index in [1.807, 2.05) is 11.0 Å². The first-order chi connectivity index (χ1) is 16.7. The second-order valence-corrected chi connectivity index (χ2v) is 10.3. The Labute approximate surface area is 203 Å². The number of aromatic amines is 1. The van der Waals surface area contributed by atoms with Crippen molar-refractivity contribution < 1.29 is 22.7 Å². The molecule has 3 fully saturated rings. The standard InChI is InChI=1S/C25H32F3N5O2/c1-24(7-2-8-24)29-22-14-21(30-31-22)19-13-18(17-3-5-20(6-4-17)25(26,27)28)15-33(16-19)23(34)32-9-11-35-12-10-32/h3-6,14,18-19H,2,7-13,15-16H2,1H3,(H2,29,30,31). The zero-order chi connectivity index (χ0) is 24.6. The van der Waals surface area contributed by atoms with E-state index in [-0.39, 0.29) is 23.4 Å². The number of likely N-dealkylation sites (tertiary alicyclic amines) is 1. The number of nitrogens with zero attached hydrogens (tertiary/aromatic N) is 3. The highest BCUT2D eigenvalue weighted by Crippen LogP contribution is 2.39. The van der Waals surface area contributed by atoms with E-state index in [4.69, 9.17) is 4.74 Å². The maximum atomic E-state index is 13.3. The van der Waals surface area contributed by atoms with Gasteiger partial charge in [0.25, 0.3) is 0 Å². The van der Waals surface area contributed by atoms with Crippen molar-refractivity contribution in [3.8, 4) is 0 Å². The van der Waals surface area contributed by atoms with Crippen molar-refractivity contribution in [3.63, 3.8) is 0 Å². The minimum absolute atomic E-state index is 0.00159. The molecule has 0 radical (unpaired) electrons. The molecule has 0 bridgehead atoms. The van der Waals surface area contributed by atoms with Crippen molar-refractivity contribution in [3.05, 3.63) is 47.2 Å². The van der Waals surface area contributed by atoms with E-state index in [9.17, 15) is 18.0 Å². The molecule has 1 saturated carbocycles. The summed E-state index contributed by atoms with van der Waals surface area (Å²) < 4.78 is 44.6. The number of alkyl halides is 3. The van der Waals surface area contributed by atoms with Crippen molar-refractivity contribution in [1.82, 2.24) is 20.0 Å². The average Bonchev–Trinajstić information content (AvgIpc) is 3.31. The Morgan fingerprint density at radius 2 is 1.80 bits per heavy atom. The molecule has 2 unspecified atom stereocenters. The highest BCUT2D eigenvalue weighted by molar-refractivity contribution is 5.75. The van der Waals surface area contributed by atoms with Gasteiger partial charge in [-0.05, 0) is 50.3 Å². The van der Waals surface area contributed by atoms with Crippen LogP contribution in [0.25, 0.3) is 0 Å². The van der Waals surface area contributed by atoms with Crippen LogP contribution in [0.3, 0.4) is 0 Å². The van der Waals surface area contributed by atoms with Crippen molar-refractivity contribution >= 4 is 11.8 Å². The number of H-pyrrole nitrogens is 1. The van der Waals surface area contributed by atoms with Gasteiger partial charge in [-0.25, -0.2) is 4.79 Å². The molecule has 2 aromatic rings. The van der Waals surface area contributed by atoms with Crippen LogP contribution in [0.4, 0.5) is 23.8 Å². The summed E-state index contributed by atoms with van der Waals surface area (Å²) in [6, 6.07) is 7.32. The topological polar surface area (TPSA) is 73.5 Å². The maximum absolute atomic E-state index is 13.3. The number of nitrogens with one attached hydrogen (secondary N) is 2. The number of hydrogen-bond donors (Lipinski definition) is 2. The van der Waals surface area contributed by atoms with E-state index in [0.717, 1.165) is 48.5 Å². The van der Waals surface area contributed by atoms with Gasteiger partial charge in [-0.3, -0.25) is 5.10 Å². The molecule has 2 saturated heterocycles. The molecule has 2 N–H and O–H groups in total. The van der Waals surface area contributed by atoms with Crippen LogP contribution in [0, 0.1) is 0 Å². The quantitative estimate of drug-likeness (QED) is 0.644. The number of hydrogen-bond acceptors (Lipinski definition) is 4. The van der Waals surface area contributed by atoms with Gasteiger partial charge in [-0.15, -0.1) is 0 Å². The van der Waals surface area contributed by atoms with Gasteiger partial charge >= 0.3 is 12.2 Å². The zero-order valence-corrected chi connectivity index (χ0v) is 19.9. The van der Waals surface area contributed by atoms with Crippen LogP contribution < -0.4 is 5.32 Å². The smallest absolute Gasteiger partial charge is 0.378 e. The largest absolute Gasteiger partial charge is 0.416 e. The normalized spacial score (nSPS) is 24.7. The number of aromatic nitrogens is 2. The minimum Gasteiger partial charge on any atom is -0.378 e. The lowest BCUT2D eigenvalue weighted by atomic mass is 9.78. The minimum atomic E-state index is -4.37. The van der Waals surface area contributed by atoms with Crippen molar-refractivity contribution in [2.75, 3.05) is 44.7 Å². The van der Waals surface area contributed by atoms with E-state index in [2.05, 4.69) is 22.4 Å². The molecule has 3 heterocycles. The molecule has 7 nitrogen and oxygen atoms in total. The number of benzene rings is 1. The first-order valence-corrected chi connectivity index (χ1v) is 12.3. The fourth-order valence-electron chi connectivity index (χ4n) is 5.37. The predicted molar refractivity (Wildman–Crippen MR) is 125 cm³/mol. The van der Waals surface area contributed by atoms with Gasteiger partial charge in [0.1, 0.15) is 5.82 Å². The van der Waals surface area contributed by atoms with Crippen LogP contribution in [-0.4, -0.2) is 71.0 Å². The van der Waals surface area contributed by atoms with E-state index in [1.165, 1.54) is 6.42 Å². The summed E-state index contributed by atoms with van der Waals surface area (Å²) in [6.07, 6.45) is -0.233. The summed E-state index contributed by atoms with van der Waals surface area (Å²) >= 11 is 0. The fraction of sp³-hybridized carbons (Fsp3) is 0.600. The van der Waals surface area contributed by atoms with Gasteiger partial charge in [0.15, 0.2) is 0 Å². The number of carbonyl (C=O) groups is 1. The van der Waals surface area contributed by atoms with Crippen LogP contribution in [0.1, 0.15) is 61.3 Å². The Balaban J connectivity index is 1.37. The van der Waals surface area contributed by atoms with Crippen molar-refractivity contribution in [2.24, 2.45) is 0 Å². The molecule has 1 aliphatic carbocycles. The Morgan fingerprint density at radius 3 is 2.43 bits per heavy atom. The van der Waals surface area contributed by atoms with Gasteiger partial charge in [-0.2, -0.15) is 18.3 Å². The Hall–Kier alpha value is -2.75. The van der Waals surface area contributed by atoms with Crippen molar-refractivity contribution in [2.45, 2.75) is 56.2 Å². The molecule has 35 heavy (non-hydrogen) atoms. The van der Waals surface area contributed by atoms with E-state index in [0.29, 0.717) is 39.4 Å². The number of urea groups is 1. The lowest BCUT2D eigenvalue weighted by Gasteiger charge is -2.41. The molecular formula is C25H32F3N5O2. The molecule has 2 amide bonds. The number of piperidine rings is 1. The number of rotatable bonds is 4. The summed E-state index contributed by atoms with van der Waals surface area (Å²) in [4.78, 5) is 17.0. The molecule has 5 rings (SSSR count). The molecule has 10 heteroatoms. The van der Waals surface area contributed by atoms with Crippen LogP contribution >= 0.6 is 0 Å². The van der Waals surface area contributed by atoms with Gasteiger partial charge in [0, 0.05) is 55.3 Å². The molecule has 1 aromatic carbocycles. The highest BCUT2D eigenvalue weighted by atomic mass is 19.4. The second kappa shape index (κ2) is 9.37. The number of morpholine rings is 1. The molecule has 3 aliphatic rings. The zero-order valence-electron chi connectivity index (χ0n) is 19.9. The van der Waals surface area contributed by atoms with Crippen LogP contribution in [0.5, 0.6) is 0 Å². The number of anilines is 1. The highest BCUT2D eigenvalue weighted by Gasteiger charge is 2.37. The number of ether oxygens (including phenoxy) is 1. The van der Waals surface area contributed by atoms with Crippen LogP contribution in [0.2, 0.25) is 0 Å². The van der Waals surface area contributed by atoms with E-state index >= 15 is 0 Å². The number of carbonyl (C=O) groups excluding carboxylic acids is 1. The fourth-order valence-corrected chi connectivity index (χ4v) is 5.37. The van der Waals surface area contributed by atoms with Gasteiger partial charge < -0.3 is 19.9 Å². The van der Waals surface area contributed by atoms with Gasteiger partial charge in [0.05, 0.1) is 18.8 Å². The van der Waals surface area contributed by atoms with Crippen LogP contribution in [0.15, 0.2) is 30.3 Å². The second-order valence-electron chi connectivity index (χ2n) is 10.3. The number of halogens is 3. The molecule has 190 valence electrons. The van der Waals surface area contributed by atoms with Crippen LogP contribution in [-0.2, 0) is 10.9 Å². The summed E-state index contributed by atoms with van der Waals surface area (Å²) in [5, 5.41) is 11.1. The maximum Gasteiger partial charge on any atom is 0.416 e. The molecule has 1 aromatic heterocycles. The third-order valence-electron chi connectivity index (χ3n) is 7.64. The Kier molecular flexibility index (Phi) is 6.41. The summed E-state index contributed by atoms with van der Waals surface area (Å²) in [5.74, 6) is 0.716. The summed E-state index contributed by atoms with van der Waals surface area (Å²) in [5.41, 5.74) is 1.15. The average molecular weight is 492 g/mol. The third kappa shape index (κ3) is 5.27. The molecular weight excluding hydrogens is 459 g/mol. The first-order valence-electron chi connectivity index (χ1n) is 12.3. The van der Waals surface area contributed by atoms with Gasteiger partial charge in [-0.1, -0.05) is 12.1 Å². The summed E-state index contributed by atoms with van der Waals surface area (Å²) in [7, 11) is 0. The first kappa shape index (κ1) is 24.0. The molecule has 2 aliphatic heterocycles. The summed E-state index contributed by atoms with van der Waals surface area (Å²) in [6.45, 7) is 5.30. The lowest BCUT2D eigenvalue weighted by Crippen LogP contribution is -2.52. The Bertz CT molecular complexity index is 1030. The monoisotopic (exact) mass is 491 g/mol.